The zero-order chi connectivity index (χ0) is 21.4. The first-order valence-corrected chi connectivity index (χ1v) is 10.3. The molecule has 1 heterocycles. The van der Waals surface area contributed by atoms with E-state index in [1.165, 1.54) is 0 Å². The van der Waals surface area contributed by atoms with Crippen LogP contribution in [-0.4, -0.2) is 22.7 Å². The number of para-hydroxylation sites is 1. The Morgan fingerprint density at radius 3 is 2.06 bits per heavy atom. The van der Waals surface area contributed by atoms with Crippen LogP contribution in [0.2, 0.25) is 0 Å². The molecule has 4 heteroatoms. The van der Waals surface area contributed by atoms with Crippen molar-refractivity contribution in [2.24, 2.45) is 0 Å². The average Bonchev–Trinajstić information content (AvgIpc) is 3.18. The minimum Gasteiger partial charge on any atom is -0.506 e. The van der Waals surface area contributed by atoms with Gasteiger partial charge in [0.15, 0.2) is 0 Å². The van der Waals surface area contributed by atoms with Gasteiger partial charge >= 0.3 is 5.97 Å². The highest BCUT2D eigenvalue weighted by molar-refractivity contribution is 6.24. The first-order chi connectivity index (χ1) is 15.2. The van der Waals surface area contributed by atoms with E-state index in [-0.39, 0.29) is 17.9 Å². The van der Waals surface area contributed by atoms with Crippen LogP contribution in [0.4, 0.5) is 0 Å². The molecule has 0 saturated carbocycles. The van der Waals surface area contributed by atoms with E-state index in [0.717, 1.165) is 33.1 Å². The van der Waals surface area contributed by atoms with Crippen molar-refractivity contribution < 1.29 is 14.6 Å². The van der Waals surface area contributed by atoms with Crippen molar-refractivity contribution in [3.8, 4) is 28.0 Å². The summed E-state index contributed by atoms with van der Waals surface area (Å²) in [5, 5.41) is 13.1. The number of H-pyrrole nitrogens is 1. The highest BCUT2D eigenvalue weighted by atomic mass is 16.5. The molecule has 1 aromatic heterocycles. The van der Waals surface area contributed by atoms with Crippen molar-refractivity contribution >= 4 is 27.8 Å². The molecule has 0 aliphatic carbocycles. The average molecular weight is 407 g/mol. The second kappa shape index (κ2) is 7.65. The minimum absolute atomic E-state index is 0.0687. The van der Waals surface area contributed by atoms with E-state index in [9.17, 15) is 9.90 Å². The second-order valence-corrected chi connectivity index (χ2v) is 7.35. The van der Waals surface area contributed by atoms with Crippen LogP contribution in [0.1, 0.15) is 17.3 Å². The summed E-state index contributed by atoms with van der Waals surface area (Å²) >= 11 is 0. The van der Waals surface area contributed by atoms with Gasteiger partial charge in [0.05, 0.1) is 12.1 Å². The number of carbonyl (C=O) groups excluding carboxylic acids is 1. The molecular weight excluding hydrogens is 386 g/mol. The SMILES string of the molecule is CCOC(=O)c1c(O)c(-c2ccccc2)c(-c2ccccc2)c2[nH]c3ccccc3c12. The molecule has 31 heavy (non-hydrogen) atoms. The van der Waals surface area contributed by atoms with Gasteiger partial charge in [-0.05, 0) is 24.1 Å². The molecule has 0 unspecified atom stereocenters. The molecule has 0 aliphatic heterocycles. The summed E-state index contributed by atoms with van der Waals surface area (Å²) in [5.41, 5.74) is 5.11. The number of aromatic hydroxyl groups is 1. The first kappa shape index (κ1) is 18.9. The maximum atomic E-state index is 13.1. The number of ether oxygens (including phenoxy) is 1. The fourth-order valence-electron chi connectivity index (χ4n) is 4.26. The van der Waals surface area contributed by atoms with Crippen LogP contribution in [0.3, 0.4) is 0 Å². The number of fused-ring (bicyclic) bond motifs is 3. The summed E-state index contributed by atoms with van der Waals surface area (Å²) in [7, 11) is 0. The fraction of sp³-hybridized carbons (Fsp3) is 0.0741. The van der Waals surface area contributed by atoms with Gasteiger partial charge in [0, 0.05) is 27.4 Å². The molecule has 0 radical (unpaired) electrons. The number of esters is 1. The Bertz CT molecular complexity index is 1400. The Morgan fingerprint density at radius 1 is 0.839 bits per heavy atom. The van der Waals surface area contributed by atoms with E-state index in [0.29, 0.717) is 10.9 Å². The van der Waals surface area contributed by atoms with Gasteiger partial charge < -0.3 is 14.8 Å². The monoisotopic (exact) mass is 407 g/mol. The van der Waals surface area contributed by atoms with Gasteiger partial charge in [0.2, 0.25) is 0 Å². The van der Waals surface area contributed by atoms with Gasteiger partial charge in [-0.25, -0.2) is 4.79 Å². The maximum Gasteiger partial charge on any atom is 0.342 e. The largest absolute Gasteiger partial charge is 0.506 e. The second-order valence-electron chi connectivity index (χ2n) is 7.35. The molecule has 5 rings (SSSR count). The van der Waals surface area contributed by atoms with E-state index in [1.54, 1.807) is 6.92 Å². The molecule has 0 bridgehead atoms. The van der Waals surface area contributed by atoms with Crippen LogP contribution in [0.5, 0.6) is 5.75 Å². The normalized spacial score (nSPS) is 11.1. The number of nitrogens with one attached hydrogen (secondary N) is 1. The predicted molar refractivity (Wildman–Crippen MR) is 124 cm³/mol. The van der Waals surface area contributed by atoms with E-state index >= 15 is 0 Å². The zero-order valence-corrected chi connectivity index (χ0v) is 17.1. The van der Waals surface area contributed by atoms with Gasteiger partial charge in [0.25, 0.3) is 0 Å². The van der Waals surface area contributed by atoms with Crippen molar-refractivity contribution in [1.29, 1.82) is 0 Å². The lowest BCUT2D eigenvalue weighted by Crippen LogP contribution is -2.07. The number of phenols is 1. The van der Waals surface area contributed by atoms with Crippen LogP contribution >= 0.6 is 0 Å². The third kappa shape index (κ3) is 3.04. The molecule has 5 aromatic rings. The van der Waals surface area contributed by atoms with Crippen molar-refractivity contribution in [2.75, 3.05) is 6.61 Å². The van der Waals surface area contributed by atoms with Crippen molar-refractivity contribution in [1.82, 2.24) is 4.98 Å². The van der Waals surface area contributed by atoms with E-state index in [2.05, 4.69) is 4.98 Å². The maximum absolute atomic E-state index is 13.1. The van der Waals surface area contributed by atoms with Crippen molar-refractivity contribution in [2.45, 2.75) is 6.92 Å². The third-order valence-electron chi connectivity index (χ3n) is 5.53. The summed E-state index contributed by atoms with van der Waals surface area (Å²) < 4.78 is 5.36. The standard InChI is InChI=1S/C27H21NO3/c1-2-31-27(30)24-23-19-15-9-10-16-20(19)28-25(23)21(17-11-5-3-6-12-17)22(26(24)29)18-13-7-4-8-14-18/h3-16,28-29H,2H2,1H3. The van der Waals surface area contributed by atoms with E-state index in [1.807, 2.05) is 84.9 Å². The number of carbonyl (C=O) groups is 1. The van der Waals surface area contributed by atoms with Crippen molar-refractivity contribution in [3.63, 3.8) is 0 Å². The quantitative estimate of drug-likeness (QED) is 0.333. The molecule has 152 valence electrons. The van der Waals surface area contributed by atoms with Gasteiger partial charge in [-0.2, -0.15) is 0 Å². The lowest BCUT2D eigenvalue weighted by atomic mass is 9.88. The predicted octanol–water partition coefficient (Wildman–Crippen LogP) is 6.54. The number of hydrogen-bond donors (Lipinski definition) is 2. The van der Waals surface area contributed by atoms with Crippen LogP contribution < -0.4 is 0 Å². The lowest BCUT2D eigenvalue weighted by Gasteiger charge is -2.17. The molecule has 0 atom stereocenters. The summed E-state index contributed by atoms with van der Waals surface area (Å²) in [5.74, 6) is -0.604. The highest BCUT2D eigenvalue weighted by Gasteiger charge is 2.28. The summed E-state index contributed by atoms with van der Waals surface area (Å²) in [6.07, 6.45) is 0. The number of aromatic nitrogens is 1. The lowest BCUT2D eigenvalue weighted by molar-refractivity contribution is 0.0525. The minimum atomic E-state index is -0.536. The molecule has 0 aliphatic rings. The Hall–Kier alpha value is -4.05. The highest BCUT2D eigenvalue weighted by Crippen LogP contribution is 2.48. The van der Waals surface area contributed by atoms with Gasteiger partial charge in [-0.1, -0.05) is 78.9 Å². The number of aromatic amines is 1. The van der Waals surface area contributed by atoms with Crippen molar-refractivity contribution in [3.05, 3.63) is 90.5 Å². The number of phenolic OH excluding ortho intramolecular Hbond substituents is 1. The Kier molecular flexibility index (Phi) is 4.68. The van der Waals surface area contributed by atoms with Crippen LogP contribution in [0.25, 0.3) is 44.1 Å². The van der Waals surface area contributed by atoms with E-state index in [4.69, 9.17) is 4.74 Å². The number of hydrogen-bond acceptors (Lipinski definition) is 3. The fourth-order valence-corrected chi connectivity index (χ4v) is 4.26. The first-order valence-electron chi connectivity index (χ1n) is 10.3. The third-order valence-corrected chi connectivity index (χ3v) is 5.53. The Balaban J connectivity index is 2.03. The Labute approximate surface area is 179 Å². The topological polar surface area (TPSA) is 62.3 Å². The molecule has 0 spiro atoms. The smallest absolute Gasteiger partial charge is 0.342 e. The molecule has 0 amide bonds. The molecule has 0 fully saturated rings. The molecule has 0 saturated heterocycles. The zero-order valence-electron chi connectivity index (χ0n) is 17.1. The van der Waals surface area contributed by atoms with E-state index < -0.39 is 5.97 Å². The van der Waals surface area contributed by atoms with Crippen LogP contribution in [0, 0.1) is 0 Å². The Morgan fingerprint density at radius 2 is 1.42 bits per heavy atom. The van der Waals surface area contributed by atoms with Crippen LogP contribution in [0.15, 0.2) is 84.9 Å². The molecular formula is C27H21NO3. The summed E-state index contributed by atoms with van der Waals surface area (Å²) in [6.45, 7) is 1.99. The van der Waals surface area contributed by atoms with Gasteiger partial charge in [-0.15, -0.1) is 0 Å². The van der Waals surface area contributed by atoms with Gasteiger partial charge in [-0.3, -0.25) is 0 Å². The summed E-state index contributed by atoms with van der Waals surface area (Å²) in [6, 6.07) is 27.3. The number of rotatable bonds is 4. The molecule has 2 N–H and O–H groups in total. The molecule has 4 nitrogen and oxygen atoms in total. The number of benzene rings is 4. The van der Waals surface area contributed by atoms with Crippen LogP contribution in [-0.2, 0) is 4.74 Å². The van der Waals surface area contributed by atoms with Gasteiger partial charge in [0.1, 0.15) is 11.3 Å². The molecule has 4 aromatic carbocycles. The summed E-state index contributed by atoms with van der Waals surface area (Å²) in [4.78, 5) is 16.6.